The van der Waals surface area contributed by atoms with Crippen LogP contribution in [0.4, 0.5) is 0 Å². The molecule has 0 bridgehead atoms. The molecule has 2 aromatic carbocycles. The highest BCUT2D eigenvalue weighted by Gasteiger charge is 2.05. The molecule has 0 aromatic heterocycles. The lowest BCUT2D eigenvalue weighted by molar-refractivity contribution is -0.143. The van der Waals surface area contributed by atoms with Crippen LogP contribution in [-0.4, -0.2) is 25.6 Å². The molecule has 25 heavy (non-hydrogen) atoms. The Bertz CT molecular complexity index is 714. The molecule has 5 nitrogen and oxygen atoms in total. The van der Waals surface area contributed by atoms with Crippen LogP contribution < -0.4 is 10.1 Å². The molecule has 0 saturated carbocycles. The summed E-state index contributed by atoms with van der Waals surface area (Å²) in [7, 11) is 1.60. The van der Waals surface area contributed by atoms with E-state index in [1.54, 1.807) is 12.5 Å². The zero-order chi connectivity index (χ0) is 17.9. The van der Waals surface area contributed by atoms with E-state index in [0.717, 1.165) is 16.2 Å². The van der Waals surface area contributed by atoms with Gasteiger partial charge < -0.3 is 14.8 Å². The minimum atomic E-state index is -0.553. The maximum absolute atomic E-state index is 11.7. The van der Waals surface area contributed by atoms with Crippen LogP contribution in [0.15, 0.2) is 71.0 Å². The first-order chi connectivity index (χ1) is 12.2. The topological polar surface area (TPSA) is 64.6 Å². The average Bonchev–Trinajstić information content (AvgIpc) is 2.66. The number of thioether (sulfide) groups is 1. The third kappa shape index (κ3) is 7.14. The highest BCUT2D eigenvalue weighted by Crippen LogP contribution is 2.17. The maximum atomic E-state index is 11.7. The van der Waals surface area contributed by atoms with E-state index in [-0.39, 0.29) is 12.5 Å². The van der Waals surface area contributed by atoms with Gasteiger partial charge in [0.25, 0.3) is 5.91 Å². The van der Waals surface area contributed by atoms with Crippen molar-refractivity contribution in [3.05, 3.63) is 71.6 Å². The van der Waals surface area contributed by atoms with Crippen molar-refractivity contribution >= 4 is 23.6 Å². The Morgan fingerprint density at radius 2 is 1.80 bits per heavy atom. The standard InChI is InChI=1S/C19H19NO4S/c1-23-16-9-7-15(8-10-16)13-20-18(21)14-24-19(22)11-12-25-17-5-3-2-4-6-17/h2-12H,13-14H2,1H3,(H,20,21)/b12-11+. The van der Waals surface area contributed by atoms with Crippen LogP contribution in [0.3, 0.4) is 0 Å². The number of carbonyl (C=O) groups excluding carboxylic acids is 2. The summed E-state index contributed by atoms with van der Waals surface area (Å²) < 4.78 is 9.96. The first kappa shape index (κ1) is 18.6. The third-order valence-electron chi connectivity index (χ3n) is 3.15. The maximum Gasteiger partial charge on any atom is 0.331 e. The molecular weight excluding hydrogens is 338 g/mol. The number of amides is 1. The highest BCUT2D eigenvalue weighted by atomic mass is 32.2. The molecule has 1 N–H and O–H groups in total. The van der Waals surface area contributed by atoms with E-state index < -0.39 is 5.97 Å². The van der Waals surface area contributed by atoms with Gasteiger partial charge in [-0.15, -0.1) is 0 Å². The van der Waals surface area contributed by atoms with Crippen molar-refractivity contribution in [2.75, 3.05) is 13.7 Å². The zero-order valence-corrected chi connectivity index (χ0v) is 14.6. The summed E-state index contributed by atoms with van der Waals surface area (Å²) >= 11 is 1.40. The summed E-state index contributed by atoms with van der Waals surface area (Å²) in [6.45, 7) is 0.0510. The summed E-state index contributed by atoms with van der Waals surface area (Å²) in [6.07, 6.45) is 1.30. The van der Waals surface area contributed by atoms with Gasteiger partial charge in [-0.3, -0.25) is 4.79 Å². The van der Waals surface area contributed by atoms with E-state index in [2.05, 4.69) is 5.32 Å². The molecule has 2 rings (SSSR count). The second-order valence-corrected chi connectivity index (χ2v) is 5.95. The first-order valence-electron chi connectivity index (χ1n) is 7.62. The van der Waals surface area contributed by atoms with E-state index in [1.165, 1.54) is 17.8 Å². The van der Waals surface area contributed by atoms with Gasteiger partial charge in [0.2, 0.25) is 0 Å². The van der Waals surface area contributed by atoms with Gasteiger partial charge in [-0.1, -0.05) is 42.1 Å². The smallest absolute Gasteiger partial charge is 0.331 e. The molecule has 0 aliphatic heterocycles. The number of methoxy groups -OCH3 is 1. The summed E-state index contributed by atoms with van der Waals surface area (Å²) in [4.78, 5) is 24.3. The van der Waals surface area contributed by atoms with Crippen LogP contribution in [0.25, 0.3) is 0 Å². The summed E-state index contributed by atoms with van der Waals surface area (Å²) in [5.74, 6) is -0.152. The number of hydrogen-bond donors (Lipinski definition) is 1. The van der Waals surface area contributed by atoms with Crippen molar-refractivity contribution in [1.29, 1.82) is 0 Å². The average molecular weight is 357 g/mol. The number of hydrogen-bond acceptors (Lipinski definition) is 5. The van der Waals surface area contributed by atoms with Crippen LogP contribution in [0.5, 0.6) is 5.75 Å². The van der Waals surface area contributed by atoms with Crippen molar-refractivity contribution in [2.45, 2.75) is 11.4 Å². The van der Waals surface area contributed by atoms with Gasteiger partial charge in [-0.2, -0.15) is 0 Å². The van der Waals surface area contributed by atoms with Crippen LogP contribution >= 0.6 is 11.8 Å². The molecule has 6 heteroatoms. The third-order valence-corrected chi connectivity index (χ3v) is 3.96. The van der Waals surface area contributed by atoms with Crippen molar-refractivity contribution < 1.29 is 19.1 Å². The fourth-order valence-corrected chi connectivity index (χ4v) is 2.50. The predicted molar refractivity (Wildman–Crippen MR) is 97.2 cm³/mol. The number of esters is 1. The fourth-order valence-electron chi connectivity index (χ4n) is 1.85. The number of nitrogens with one attached hydrogen (secondary N) is 1. The molecular formula is C19H19NO4S. The van der Waals surface area contributed by atoms with E-state index in [1.807, 2.05) is 54.6 Å². The van der Waals surface area contributed by atoms with Crippen molar-refractivity contribution in [3.63, 3.8) is 0 Å². The molecule has 0 aliphatic carbocycles. The first-order valence-corrected chi connectivity index (χ1v) is 8.50. The lowest BCUT2D eigenvalue weighted by Gasteiger charge is -2.06. The van der Waals surface area contributed by atoms with E-state index in [9.17, 15) is 9.59 Å². The lowest BCUT2D eigenvalue weighted by Crippen LogP contribution is -2.28. The second kappa shape index (κ2) is 10.2. The predicted octanol–water partition coefficient (Wildman–Crippen LogP) is 3.16. The summed E-state index contributed by atoms with van der Waals surface area (Å²) in [5.41, 5.74) is 0.930. The quantitative estimate of drug-likeness (QED) is 0.447. The Morgan fingerprint density at radius 1 is 1.08 bits per heavy atom. The molecule has 0 aliphatic rings. The molecule has 1 amide bonds. The van der Waals surface area contributed by atoms with Crippen LogP contribution in [0.2, 0.25) is 0 Å². The molecule has 0 spiro atoms. The summed E-state index contributed by atoms with van der Waals surface area (Å²) in [5, 5.41) is 4.32. The van der Waals surface area contributed by atoms with Gasteiger partial charge in [0, 0.05) is 17.5 Å². The van der Waals surface area contributed by atoms with E-state index in [0.29, 0.717) is 6.54 Å². The SMILES string of the molecule is COc1ccc(CNC(=O)COC(=O)/C=C/Sc2ccccc2)cc1. The minimum Gasteiger partial charge on any atom is -0.497 e. The largest absolute Gasteiger partial charge is 0.497 e. The van der Waals surface area contributed by atoms with Gasteiger partial charge in [0.05, 0.1) is 7.11 Å². The normalized spacial score (nSPS) is 10.4. The molecule has 0 fully saturated rings. The van der Waals surface area contributed by atoms with Gasteiger partial charge in [-0.05, 0) is 35.2 Å². The number of rotatable bonds is 8. The Kier molecular flexibility index (Phi) is 7.59. The Balaban J connectivity index is 1.65. The molecule has 0 radical (unpaired) electrons. The van der Waals surface area contributed by atoms with Crippen molar-refractivity contribution in [1.82, 2.24) is 5.32 Å². The molecule has 2 aromatic rings. The van der Waals surface area contributed by atoms with E-state index >= 15 is 0 Å². The molecule has 130 valence electrons. The lowest BCUT2D eigenvalue weighted by atomic mass is 10.2. The van der Waals surface area contributed by atoms with Crippen molar-refractivity contribution in [2.24, 2.45) is 0 Å². The number of carbonyl (C=O) groups is 2. The molecule has 0 unspecified atom stereocenters. The zero-order valence-electron chi connectivity index (χ0n) is 13.8. The van der Waals surface area contributed by atoms with Crippen LogP contribution in [-0.2, 0) is 20.9 Å². The van der Waals surface area contributed by atoms with Gasteiger partial charge in [0.15, 0.2) is 6.61 Å². The number of benzene rings is 2. The Hall–Kier alpha value is -2.73. The van der Waals surface area contributed by atoms with Crippen LogP contribution in [0, 0.1) is 0 Å². The highest BCUT2D eigenvalue weighted by molar-refractivity contribution is 8.02. The molecule has 0 saturated heterocycles. The summed E-state index contributed by atoms with van der Waals surface area (Å²) in [6, 6.07) is 17.0. The van der Waals surface area contributed by atoms with E-state index in [4.69, 9.17) is 9.47 Å². The second-order valence-electron chi connectivity index (χ2n) is 4.97. The van der Waals surface area contributed by atoms with Gasteiger partial charge >= 0.3 is 5.97 Å². The van der Waals surface area contributed by atoms with Gasteiger partial charge in [0.1, 0.15) is 5.75 Å². The minimum absolute atomic E-state index is 0.310. The molecule has 0 atom stereocenters. The Labute approximate surface area is 151 Å². The number of ether oxygens (including phenoxy) is 2. The van der Waals surface area contributed by atoms with Crippen LogP contribution in [0.1, 0.15) is 5.56 Å². The Morgan fingerprint density at radius 3 is 2.48 bits per heavy atom. The molecule has 0 heterocycles. The van der Waals surface area contributed by atoms with Gasteiger partial charge in [-0.25, -0.2) is 4.79 Å². The monoisotopic (exact) mass is 357 g/mol. The van der Waals surface area contributed by atoms with Crippen molar-refractivity contribution in [3.8, 4) is 5.75 Å². The fraction of sp³-hybridized carbons (Fsp3) is 0.158.